The highest BCUT2D eigenvalue weighted by Gasteiger charge is 2.29. The molecule has 0 N–H and O–H groups in total. The van der Waals surface area contributed by atoms with Gasteiger partial charge in [-0.25, -0.2) is 0 Å². The quantitative estimate of drug-likeness (QED) is 0.617. The maximum atomic E-state index is 13.4. The molecule has 0 unspecified atom stereocenters. The Balaban J connectivity index is 1.49. The smallest absolute Gasteiger partial charge is 0.256 e. The third-order valence-electron chi connectivity index (χ3n) is 5.51. The van der Waals surface area contributed by atoms with Crippen molar-refractivity contribution in [3.63, 3.8) is 0 Å². The number of anilines is 1. The van der Waals surface area contributed by atoms with E-state index in [4.69, 9.17) is 14.2 Å². The summed E-state index contributed by atoms with van der Waals surface area (Å²) in [5.41, 5.74) is 4.03. The molecule has 0 aliphatic carbocycles. The first kappa shape index (κ1) is 18.7. The van der Waals surface area contributed by atoms with Crippen molar-refractivity contribution in [2.24, 2.45) is 0 Å². The van der Waals surface area contributed by atoms with Gasteiger partial charge >= 0.3 is 0 Å². The van der Waals surface area contributed by atoms with Gasteiger partial charge in [0.05, 0.1) is 6.54 Å². The van der Waals surface area contributed by atoms with Crippen LogP contribution in [0, 0.1) is 0 Å². The SMILES string of the molecule is O=C([C@@H]1CCCO1)N(Cc1ccc2c(c1)OCO2)c1cccc(-c2ccccc2)c1. The van der Waals surface area contributed by atoms with Crippen LogP contribution in [0.25, 0.3) is 11.1 Å². The van der Waals surface area contributed by atoms with Crippen LogP contribution >= 0.6 is 0 Å². The van der Waals surface area contributed by atoms with Crippen molar-refractivity contribution in [3.8, 4) is 22.6 Å². The molecule has 3 aromatic carbocycles. The van der Waals surface area contributed by atoms with Crippen molar-refractivity contribution in [3.05, 3.63) is 78.4 Å². The fraction of sp³-hybridized carbons (Fsp3) is 0.240. The van der Waals surface area contributed by atoms with Gasteiger partial charge in [0, 0.05) is 12.3 Å². The van der Waals surface area contributed by atoms with E-state index < -0.39 is 0 Å². The van der Waals surface area contributed by atoms with Gasteiger partial charge in [-0.05, 0) is 53.8 Å². The van der Waals surface area contributed by atoms with Crippen LogP contribution < -0.4 is 14.4 Å². The standard InChI is InChI=1S/C25H23NO4/c27-25(23-10-5-13-28-23)26(16-18-11-12-22-24(14-18)30-17-29-22)21-9-4-8-20(15-21)19-6-2-1-3-7-19/h1-4,6-9,11-12,14-15,23H,5,10,13,16-17H2/t23-/m0/s1. The Labute approximate surface area is 175 Å². The number of carbonyl (C=O) groups is 1. The van der Waals surface area contributed by atoms with Crippen LogP contribution in [-0.2, 0) is 16.1 Å². The van der Waals surface area contributed by atoms with Crippen LogP contribution in [0.5, 0.6) is 11.5 Å². The molecule has 5 nitrogen and oxygen atoms in total. The molecule has 3 aromatic rings. The summed E-state index contributed by atoms with van der Waals surface area (Å²) >= 11 is 0. The van der Waals surface area contributed by atoms with Gasteiger partial charge in [-0.2, -0.15) is 0 Å². The Morgan fingerprint density at radius 1 is 0.900 bits per heavy atom. The predicted octanol–water partition coefficient (Wildman–Crippen LogP) is 4.79. The first-order valence-electron chi connectivity index (χ1n) is 10.2. The van der Waals surface area contributed by atoms with Gasteiger partial charge in [-0.1, -0.05) is 48.5 Å². The van der Waals surface area contributed by atoms with Crippen molar-refractivity contribution in [1.82, 2.24) is 0 Å². The molecule has 0 bridgehead atoms. The molecule has 5 heteroatoms. The van der Waals surface area contributed by atoms with E-state index in [1.165, 1.54) is 0 Å². The third kappa shape index (κ3) is 3.76. The fourth-order valence-corrected chi connectivity index (χ4v) is 3.95. The second-order valence-corrected chi connectivity index (χ2v) is 7.53. The predicted molar refractivity (Wildman–Crippen MR) is 115 cm³/mol. The average molecular weight is 401 g/mol. The largest absolute Gasteiger partial charge is 0.454 e. The van der Waals surface area contributed by atoms with Crippen LogP contribution in [0.15, 0.2) is 72.8 Å². The zero-order valence-electron chi connectivity index (χ0n) is 16.6. The van der Waals surface area contributed by atoms with Crippen molar-refractivity contribution in [2.75, 3.05) is 18.3 Å². The minimum atomic E-state index is -0.389. The van der Waals surface area contributed by atoms with Gasteiger partial charge in [-0.3, -0.25) is 4.79 Å². The van der Waals surface area contributed by atoms with Crippen LogP contribution in [0.2, 0.25) is 0 Å². The molecule has 30 heavy (non-hydrogen) atoms. The number of ether oxygens (including phenoxy) is 3. The molecule has 1 fully saturated rings. The second-order valence-electron chi connectivity index (χ2n) is 7.53. The van der Waals surface area contributed by atoms with E-state index in [2.05, 4.69) is 24.3 Å². The Hall–Kier alpha value is -3.31. The summed E-state index contributed by atoms with van der Waals surface area (Å²) < 4.78 is 16.6. The van der Waals surface area contributed by atoms with Crippen molar-refractivity contribution in [1.29, 1.82) is 0 Å². The van der Waals surface area contributed by atoms with Gasteiger partial charge in [-0.15, -0.1) is 0 Å². The van der Waals surface area contributed by atoms with Crippen LogP contribution in [0.4, 0.5) is 5.69 Å². The lowest BCUT2D eigenvalue weighted by Crippen LogP contribution is -2.38. The zero-order valence-corrected chi connectivity index (χ0v) is 16.6. The van der Waals surface area contributed by atoms with Crippen LogP contribution in [0.3, 0.4) is 0 Å². The molecule has 0 radical (unpaired) electrons. The van der Waals surface area contributed by atoms with E-state index >= 15 is 0 Å². The fourth-order valence-electron chi connectivity index (χ4n) is 3.95. The Bertz CT molecular complexity index is 1040. The maximum absolute atomic E-state index is 13.4. The third-order valence-corrected chi connectivity index (χ3v) is 5.51. The first-order valence-corrected chi connectivity index (χ1v) is 10.2. The number of amides is 1. The Morgan fingerprint density at radius 3 is 2.57 bits per heavy atom. The van der Waals surface area contributed by atoms with E-state index in [0.717, 1.165) is 46.7 Å². The molecule has 5 rings (SSSR count). The Kier molecular flexibility index (Phi) is 5.11. The van der Waals surface area contributed by atoms with E-state index in [1.807, 2.05) is 53.4 Å². The van der Waals surface area contributed by atoms with E-state index in [0.29, 0.717) is 13.2 Å². The molecule has 2 heterocycles. The number of nitrogens with zero attached hydrogens (tertiary/aromatic N) is 1. The summed E-state index contributed by atoms with van der Waals surface area (Å²) in [5.74, 6) is 1.45. The van der Waals surface area contributed by atoms with Crippen molar-refractivity contribution in [2.45, 2.75) is 25.5 Å². The summed E-state index contributed by atoms with van der Waals surface area (Å²) in [6, 6.07) is 24.1. The number of carbonyl (C=O) groups excluding carboxylic acids is 1. The lowest BCUT2D eigenvalue weighted by molar-refractivity contribution is -0.127. The lowest BCUT2D eigenvalue weighted by Gasteiger charge is -2.26. The molecule has 0 saturated carbocycles. The van der Waals surface area contributed by atoms with Gasteiger partial charge in [0.1, 0.15) is 6.10 Å². The topological polar surface area (TPSA) is 48.0 Å². The molecule has 152 valence electrons. The lowest BCUT2D eigenvalue weighted by atomic mass is 10.0. The van der Waals surface area contributed by atoms with Gasteiger partial charge in [0.2, 0.25) is 6.79 Å². The molecule has 1 amide bonds. The highest BCUT2D eigenvalue weighted by Crippen LogP contribution is 2.34. The van der Waals surface area contributed by atoms with Gasteiger partial charge in [0.25, 0.3) is 5.91 Å². The zero-order chi connectivity index (χ0) is 20.3. The highest BCUT2D eigenvalue weighted by atomic mass is 16.7. The Morgan fingerprint density at radius 2 is 1.73 bits per heavy atom. The van der Waals surface area contributed by atoms with Crippen molar-refractivity contribution >= 4 is 11.6 Å². The monoisotopic (exact) mass is 401 g/mol. The summed E-state index contributed by atoms with van der Waals surface area (Å²) in [6.07, 6.45) is 1.28. The molecular weight excluding hydrogens is 378 g/mol. The number of fused-ring (bicyclic) bond motifs is 1. The van der Waals surface area contributed by atoms with Gasteiger partial charge < -0.3 is 19.1 Å². The number of benzene rings is 3. The molecule has 2 aliphatic heterocycles. The first-order chi connectivity index (χ1) is 14.8. The molecule has 1 saturated heterocycles. The molecular formula is C25H23NO4. The van der Waals surface area contributed by atoms with Gasteiger partial charge in [0.15, 0.2) is 11.5 Å². The van der Waals surface area contributed by atoms with E-state index in [1.54, 1.807) is 0 Å². The number of hydrogen-bond acceptors (Lipinski definition) is 4. The van der Waals surface area contributed by atoms with E-state index in [-0.39, 0.29) is 18.8 Å². The van der Waals surface area contributed by atoms with E-state index in [9.17, 15) is 4.79 Å². The number of hydrogen-bond donors (Lipinski definition) is 0. The van der Waals surface area contributed by atoms with Crippen LogP contribution in [0.1, 0.15) is 18.4 Å². The summed E-state index contributed by atoms with van der Waals surface area (Å²) in [7, 11) is 0. The minimum absolute atomic E-state index is 0.00428. The summed E-state index contributed by atoms with van der Waals surface area (Å²) in [5, 5.41) is 0. The highest BCUT2D eigenvalue weighted by molar-refractivity contribution is 5.97. The molecule has 1 atom stereocenters. The average Bonchev–Trinajstić information content (AvgIpc) is 3.49. The molecule has 0 spiro atoms. The molecule has 0 aromatic heterocycles. The van der Waals surface area contributed by atoms with Crippen LogP contribution in [-0.4, -0.2) is 25.4 Å². The second kappa shape index (κ2) is 8.20. The maximum Gasteiger partial charge on any atom is 0.256 e. The minimum Gasteiger partial charge on any atom is -0.454 e. The van der Waals surface area contributed by atoms with Crippen molar-refractivity contribution < 1.29 is 19.0 Å². The summed E-state index contributed by atoms with van der Waals surface area (Å²) in [4.78, 5) is 15.2. The summed E-state index contributed by atoms with van der Waals surface area (Å²) in [6.45, 7) is 1.31. The molecule has 2 aliphatic rings. The number of rotatable bonds is 5. The normalized spacial score (nSPS) is 17.1.